The van der Waals surface area contributed by atoms with E-state index in [0.717, 1.165) is 47.6 Å². The predicted octanol–water partition coefficient (Wildman–Crippen LogP) is 3.79. The van der Waals surface area contributed by atoms with Gasteiger partial charge in [0.05, 0.1) is 5.52 Å². The summed E-state index contributed by atoms with van der Waals surface area (Å²) in [5.74, 6) is 0. The van der Waals surface area contributed by atoms with Crippen LogP contribution in [0.2, 0.25) is 5.02 Å². The second-order valence-electron chi connectivity index (χ2n) is 4.79. The lowest BCUT2D eigenvalue weighted by atomic mass is 10.0. The minimum absolute atomic E-state index is 0.752. The van der Waals surface area contributed by atoms with E-state index in [0.29, 0.717) is 0 Å². The summed E-state index contributed by atoms with van der Waals surface area (Å²) in [4.78, 5) is 4.62. The summed E-state index contributed by atoms with van der Waals surface area (Å²) < 4.78 is 0. The minimum Gasteiger partial charge on any atom is -0.330 e. The summed E-state index contributed by atoms with van der Waals surface area (Å²) in [7, 11) is 0. The van der Waals surface area contributed by atoms with Gasteiger partial charge in [0.1, 0.15) is 0 Å². The molecule has 2 aromatic rings. The topological polar surface area (TPSA) is 38.9 Å². The standard InChI is InChI=1S/C15H19ClN2/c1-10-7-13(16)9-14-12(5-3-4-6-17)8-11(2)18-15(10)14/h7-9H,3-6,17H2,1-2H3. The molecule has 0 radical (unpaired) electrons. The van der Waals surface area contributed by atoms with Crippen molar-refractivity contribution in [1.29, 1.82) is 0 Å². The first kappa shape index (κ1) is 13.3. The number of nitrogens with zero attached hydrogens (tertiary/aromatic N) is 1. The molecule has 0 spiro atoms. The number of nitrogens with two attached hydrogens (primary N) is 1. The van der Waals surface area contributed by atoms with Crippen LogP contribution in [0.25, 0.3) is 10.9 Å². The van der Waals surface area contributed by atoms with E-state index in [2.05, 4.69) is 18.0 Å². The van der Waals surface area contributed by atoms with Gasteiger partial charge >= 0.3 is 0 Å². The average molecular weight is 263 g/mol. The zero-order valence-corrected chi connectivity index (χ0v) is 11.7. The second kappa shape index (κ2) is 5.68. The molecule has 0 saturated heterocycles. The number of pyridine rings is 1. The molecule has 0 aliphatic rings. The number of rotatable bonds is 4. The van der Waals surface area contributed by atoms with E-state index in [1.807, 2.05) is 19.1 Å². The van der Waals surface area contributed by atoms with Gasteiger partial charge in [0, 0.05) is 16.1 Å². The van der Waals surface area contributed by atoms with Gasteiger partial charge in [-0.3, -0.25) is 4.98 Å². The molecular weight excluding hydrogens is 244 g/mol. The van der Waals surface area contributed by atoms with E-state index >= 15 is 0 Å². The number of hydrogen-bond acceptors (Lipinski definition) is 2. The molecule has 1 aromatic heterocycles. The Bertz CT molecular complexity index is 564. The Balaban J connectivity index is 2.50. The van der Waals surface area contributed by atoms with Crippen LogP contribution < -0.4 is 5.73 Å². The SMILES string of the molecule is Cc1cc(CCCCN)c2cc(Cl)cc(C)c2n1. The number of aryl methyl sites for hydroxylation is 3. The molecule has 0 amide bonds. The molecule has 1 aromatic carbocycles. The Morgan fingerprint density at radius 1 is 1.17 bits per heavy atom. The largest absolute Gasteiger partial charge is 0.330 e. The van der Waals surface area contributed by atoms with Crippen molar-refractivity contribution in [2.75, 3.05) is 6.54 Å². The fraction of sp³-hybridized carbons (Fsp3) is 0.400. The van der Waals surface area contributed by atoms with E-state index in [-0.39, 0.29) is 0 Å². The minimum atomic E-state index is 0.752. The Hall–Kier alpha value is -1.12. The zero-order valence-electron chi connectivity index (χ0n) is 11.0. The van der Waals surface area contributed by atoms with Crippen molar-refractivity contribution in [3.05, 3.63) is 40.0 Å². The van der Waals surface area contributed by atoms with Gasteiger partial charge < -0.3 is 5.73 Å². The van der Waals surface area contributed by atoms with E-state index in [1.165, 1.54) is 10.9 Å². The lowest BCUT2D eigenvalue weighted by molar-refractivity contribution is 0.746. The monoisotopic (exact) mass is 262 g/mol. The van der Waals surface area contributed by atoms with E-state index in [9.17, 15) is 0 Å². The Labute approximate surface area is 113 Å². The number of fused-ring (bicyclic) bond motifs is 1. The molecule has 2 N–H and O–H groups in total. The van der Waals surface area contributed by atoms with Crippen LogP contribution >= 0.6 is 11.6 Å². The van der Waals surface area contributed by atoms with Crippen LogP contribution in [0.5, 0.6) is 0 Å². The van der Waals surface area contributed by atoms with Crippen LogP contribution in [0.15, 0.2) is 18.2 Å². The number of halogens is 1. The fourth-order valence-electron chi connectivity index (χ4n) is 2.33. The summed E-state index contributed by atoms with van der Waals surface area (Å²) in [6, 6.07) is 6.16. The van der Waals surface area contributed by atoms with Crippen molar-refractivity contribution < 1.29 is 0 Å². The first-order valence-corrected chi connectivity index (χ1v) is 6.76. The third kappa shape index (κ3) is 2.82. The van der Waals surface area contributed by atoms with Crippen LogP contribution in [0.4, 0.5) is 0 Å². The average Bonchev–Trinajstić information content (AvgIpc) is 2.31. The maximum Gasteiger partial charge on any atom is 0.0738 e. The van der Waals surface area contributed by atoms with Gasteiger partial charge in [-0.05, 0) is 69.0 Å². The van der Waals surface area contributed by atoms with Gasteiger partial charge in [-0.1, -0.05) is 11.6 Å². The Kier molecular flexibility index (Phi) is 4.20. The van der Waals surface area contributed by atoms with Crippen molar-refractivity contribution in [1.82, 2.24) is 4.98 Å². The highest BCUT2D eigenvalue weighted by Crippen LogP contribution is 2.26. The molecule has 3 heteroatoms. The maximum absolute atomic E-state index is 6.15. The Morgan fingerprint density at radius 2 is 1.94 bits per heavy atom. The summed E-state index contributed by atoms with van der Waals surface area (Å²) in [5, 5.41) is 1.97. The Morgan fingerprint density at radius 3 is 2.67 bits per heavy atom. The second-order valence-corrected chi connectivity index (χ2v) is 5.22. The van der Waals surface area contributed by atoms with Crippen LogP contribution in [0, 0.1) is 13.8 Å². The van der Waals surface area contributed by atoms with Crippen molar-refractivity contribution in [2.45, 2.75) is 33.1 Å². The van der Waals surface area contributed by atoms with Crippen molar-refractivity contribution >= 4 is 22.5 Å². The van der Waals surface area contributed by atoms with Crippen molar-refractivity contribution in [3.63, 3.8) is 0 Å². The molecule has 96 valence electrons. The smallest absolute Gasteiger partial charge is 0.0738 e. The summed E-state index contributed by atoms with van der Waals surface area (Å²) in [5.41, 5.74) is 10.2. The van der Waals surface area contributed by atoms with Gasteiger partial charge in [0.15, 0.2) is 0 Å². The highest BCUT2D eigenvalue weighted by Gasteiger charge is 2.07. The van der Waals surface area contributed by atoms with Crippen LogP contribution in [-0.2, 0) is 6.42 Å². The molecule has 0 aliphatic heterocycles. The fourth-order valence-corrected chi connectivity index (χ4v) is 2.61. The van der Waals surface area contributed by atoms with Gasteiger partial charge in [-0.25, -0.2) is 0 Å². The molecule has 18 heavy (non-hydrogen) atoms. The summed E-state index contributed by atoms with van der Waals surface area (Å²) >= 11 is 6.15. The molecule has 2 rings (SSSR count). The third-order valence-corrected chi connectivity index (χ3v) is 3.40. The molecule has 0 unspecified atom stereocenters. The van der Waals surface area contributed by atoms with Gasteiger partial charge in [-0.2, -0.15) is 0 Å². The van der Waals surface area contributed by atoms with Crippen LogP contribution in [-0.4, -0.2) is 11.5 Å². The molecular formula is C15H19ClN2. The predicted molar refractivity (Wildman–Crippen MR) is 78.2 cm³/mol. The molecule has 0 bridgehead atoms. The number of benzene rings is 1. The highest BCUT2D eigenvalue weighted by atomic mass is 35.5. The van der Waals surface area contributed by atoms with E-state index in [1.54, 1.807) is 0 Å². The number of hydrogen-bond donors (Lipinski definition) is 1. The van der Waals surface area contributed by atoms with Gasteiger partial charge in [0.25, 0.3) is 0 Å². The maximum atomic E-state index is 6.15. The summed E-state index contributed by atoms with van der Waals surface area (Å²) in [6.07, 6.45) is 3.21. The zero-order chi connectivity index (χ0) is 13.1. The lowest BCUT2D eigenvalue weighted by Crippen LogP contribution is -2.00. The molecule has 0 saturated carbocycles. The molecule has 0 fully saturated rings. The van der Waals surface area contributed by atoms with Crippen LogP contribution in [0.3, 0.4) is 0 Å². The van der Waals surface area contributed by atoms with E-state index in [4.69, 9.17) is 17.3 Å². The van der Waals surface area contributed by atoms with E-state index < -0.39 is 0 Å². The van der Waals surface area contributed by atoms with Gasteiger partial charge in [-0.15, -0.1) is 0 Å². The number of unbranched alkanes of at least 4 members (excludes halogenated alkanes) is 1. The first-order chi connectivity index (χ1) is 8.61. The van der Waals surface area contributed by atoms with Crippen molar-refractivity contribution in [2.24, 2.45) is 5.73 Å². The van der Waals surface area contributed by atoms with Crippen LogP contribution in [0.1, 0.15) is 29.7 Å². The molecule has 0 aliphatic carbocycles. The normalized spacial score (nSPS) is 11.1. The van der Waals surface area contributed by atoms with Gasteiger partial charge in [0.2, 0.25) is 0 Å². The molecule has 1 heterocycles. The molecule has 0 atom stereocenters. The first-order valence-electron chi connectivity index (χ1n) is 6.38. The quantitative estimate of drug-likeness (QED) is 0.852. The third-order valence-electron chi connectivity index (χ3n) is 3.18. The van der Waals surface area contributed by atoms with Crippen molar-refractivity contribution in [3.8, 4) is 0 Å². The summed E-state index contributed by atoms with van der Waals surface area (Å²) in [6.45, 7) is 4.85. The number of aromatic nitrogens is 1. The highest BCUT2D eigenvalue weighted by molar-refractivity contribution is 6.31. The molecule has 2 nitrogen and oxygen atoms in total. The lowest BCUT2D eigenvalue weighted by Gasteiger charge is -2.10.